The van der Waals surface area contributed by atoms with Gasteiger partial charge >= 0.3 is 5.97 Å². The maximum Gasteiger partial charge on any atom is 0.314 e. The smallest absolute Gasteiger partial charge is 0.314 e. The summed E-state index contributed by atoms with van der Waals surface area (Å²) in [5.41, 5.74) is 1.32. The summed E-state index contributed by atoms with van der Waals surface area (Å²) in [6.45, 7) is 2.20. The first-order valence-electron chi connectivity index (χ1n) is 9.34. The van der Waals surface area contributed by atoms with Crippen LogP contribution in [0.1, 0.15) is 45.4 Å². The Morgan fingerprint density at radius 3 is 2.23 bits per heavy atom. The predicted molar refractivity (Wildman–Crippen MR) is 97.8 cm³/mol. The van der Waals surface area contributed by atoms with Crippen LogP contribution in [-0.2, 0) is 4.79 Å². The average molecular weight is 358 g/mol. The van der Waals surface area contributed by atoms with Crippen molar-refractivity contribution < 1.29 is 18.3 Å². The van der Waals surface area contributed by atoms with Gasteiger partial charge in [-0.2, -0.15) is 0 Å². The number of benzene rings is 2. The number of hydrogen-bond donors (Lipinski definition) is 0. The molecule has 0 heterocycles. The summed E-state index contributed by atoms with van der Waals surface area (Å²) in [6.07, 6.45) is 6.44. The van der Waals surface area contributed by atoms with Gasteiger partial charge in [0.1, 0.15) is 5.75 Å². The Hall–Kier alpha value is -2.23. The predicted octanol–water partition coefficient (Wildman–Crippen LogP) is 6.14. The molecule has 1 fully saturated rings. The van der Waals surface area contributed by atoms with Crippen LogP contribution in [0.2, 0.25) is 0 Å². The van der Waals surface area contributed by atoms with E-state index in [0.29, 0.717) is 11.3 Å². The van der Waals surface area contributed by atoms with Crippen LogP contribution < -0.4 is 4.74 Å². The van der Waals surface area contributed by atoms with E-state index in [9.17, 15) is 13.6 Å². The summed E-state index contributed by atoms with van der Waals surface area (Å²) in [4.78, 5) is 12.4. The van der Waals surface area contributed by atoms with Crippen molar-refractivity contribution in [3.05, 3.63) is 54.1 Å². The summed E-state index contributed by atoms with van der Waals surface area (Å²) in [6, 6.07) is 10.7. The van der Waals surface area contributed by atoms with Gasteiger partial charge in [0.15, 0.2) is 11.6 Å². The molecule has 138 valence electrons. The Labute approximate surface area is 153 Å². The van der Waals surface area contributed by atoms with Crippen LogP contribution in [0.5, 0.6) is 5.75 Å². The monoisotopic (exact) mass is 358 g/mol. The standard InChI is InChI=1S/C22H24F2O2/c1-2-3-15-4-6-17(7-5-15)22(25)26-19-11-8-16(9-12-19)18-10-13-20(23)21(24)14-18/h8-15,17H,2-7H2,1H3/t15-,17-. The molecule has 1 aliphatic carbocycles. The summed E-state index contributed by atoms with van der Waals surface area (Å²) in [5.74, 6) is -0.699. The van der Waals surface area contributed by atoms with Crippen LogP contribution in [-0.4, -0.2) is 5.97 Å². The molecule has 26 heavy (non-hydrogen) atoms. The number of ether oxygens (including phenoxy) is 1. The fourth-order valence-corrected chi connectivity index (χ4v) is 3.69. The molecule has 4 heteroatoms. The van der Waals surface area contributed by atoms with Gasteiger partial charge in [-0.3, -0.25) is 4.79 Å². The number of hydrogen-bond acceptors (Lipinski definition) is 2. The maximum absolute atomic E-state index is 13.4. The Morgan fingerprint density at radius 2 is 1.62 bits per heavy atom. The molecule has 0 bridgehead atoms. The van der Waals surface area contributed by atoms with E-state index in [1.807, 2.05) is 0 Å². The van der Waals surface area contributed by atoms with Crippen molar-refractivity contribution in [2.75, 3.05) is 0 Å². The molecule has 0 amide bonds. The molecule has 0 saturated heterocycles. The second-order valence-corrected chi connectivity index (χ2v) is 7.08. The van der Waals surface area contributed by atoms with E-state index in [0.717, 1.165) is 49.3 Å². The highest BCUT2D eigenvalue weighted by atomic mass is 19.2. The lowest BCUT2D eigenvalue weighted by atomic mass is 9.80. The highest BCUT2D eigenvalue weighted by Gasteiger charge is 2.27. The van der Waals surface area contributed by atoms with Crippen molar-refractivity contribution >= 4 is 5.97 Å². The molecular formula is C22H24F2O2. The van der Waals surface area contributed by atoms with Gasteiger partial charge in [-0.15, -0.1) is 0 Å². The van der Waals surface area contributed by atoms with Crippen LogP contribution >= 0.6 is 0 Å². The summed E-state index contributed by atoms with van der Waals surface area (Å²) < 4.78 is 31.9. The normalized spacial score (nSPS) is 20.0. The third-order valence-electron chi connectivity index (χ3n) is 5.20. The highest BCUT2D eigenvalue weighted by Crippen LogP contribution is 2.32. The van der Waals surface area contributed by atoms with E-state index in [2.05, 4.69) is 6.92 Å². The summed E-state index contributed by atoms with van der Waals surface area (Å²) >= 11 is 0. The van der Waals surface area contributed by atoms with Gasteiger partial charge in [-0.05, 0) is 67.0 Å². The van der Waals surface area contributed by atoms with Gasteiger partial charge in [0.05, 0.1) is 5.92 Å². The molecule has 0 radical (unpaired) electrons. The van der Waals surface area contributed by atoms with E-state index >= 15 is 0 Å². The van der Waals surface area contributed by atoms with Crippen molar-refractivity contribution in [2.24, 2.45) is 11.8 Å². The van der Waals surface area contributed by atoms with Crippen molar-refractivity contribution in [2.45, 2.75) is 45.4 Å². The van der Waals surface area contributed by atoms with E-state index in [1.54, 1.807) is 24.3 Å². The first-order chi connectivity index (χ1) is 12.6. The lowest BCUT2D eigenvalue weighted by molar-refractivity contribution is -0.140. The van der Waals surface area contributed by atoms with Gasteiger partial charge in [0, 0.05) is 0 Å². The Bertz CT molecular complexity index is 747. The van der Waals surface area contributed by atoms with Crippen LogP contribution in [0.25, 0.3) is 11.1 Å². The maximum atomic E-state index is 13.4. The minimum atomic E-state index is -0.878. The molecular weight excluding hydrogens is 334 g/mol. The lowest BCUT2D eigenvalue weighted by Gasteiger charge is -2.26. The van der Waals surface area contributed by atoms with E-state index in [1.165, 1.54) is 18.9 Å². The van der Waals surface area contributed by atoms with Crippen molar-refractivity contribution in [1.82, 2.24) is 0 Å². The number of halogens is 2. The minimum Gasteiger partial charge on any atom is -0.426 e. The van der Waals surface area contributed by atoms with Gasteiger partial charge in [-0.1, -0.05) is 38.0 Å². The highest BCUT2D eigenvalue weighted by molar-refractivity contribution is 5.75. The topological polar surface area (TPSA) is 26.3 Å². The molecule has 0 spiro atoms. The molecule has 2 aromatic carbocycles. The molecule has 0 unspecified atom stereocenters. The third-order valence-corrected chi connectivity index (χ3v) is 5.20. The zero-order valence-corrected chi connectivity index (χ0v) is 15.0. The zero-order valence-electron chi connectivity index (χ0n) is 15.0. The molecule has 1 saturated carbocycles. The molecule has 0 aromatic heterocycles. The van der Waals surface area contributed by atoms with Crippen LogP contribution in [0, 0.1) is 23.5 Å². The first kappa shape index (κ1) is 18.6. The van der Waals surface area contributed by atoms with Crippen LogP contribution in [0.15, 0.2) is 42.5 Å². The molecule has 0 atom stereocenters. The SMILES string of the molecule is CCC[C@H]1CC[C@H](C(=O)Oc2ccc(-c3ccc(F)c(F)c3)cc2)CC1. The molecule has 1 aliphatic rings. The van der Waals surface area contributed by atoms with Gasteiger partial charge in [0.2, 0.25) is 0 Å². The quantitative estimate of drug-likeness (QED) is 0.474. The fraction of sp³-hybridized carbons (Fsp3) is 0.409. The fourth-order valence-electron chi connectivity index (χ4n) is 3.69. The number of esters is 1. The first-order valence-corrected chi connectivity index (χ1v) is 9.34. The zero-order chi connectivity index (χ0) is 18.5. The van der Waals surface area contributed by atoms with Crippen molar-refractivity contribution in [1.29, 1.82) is 0 Å². The molecule has 0 N–H and O–H groups in total. The summed E-state index contributed by atoms with van der Waals surface area (Å²) in [5, 5.41) is 0. The van der Waals surface area contributed by atoms with E-state index in [-0.39, 0.29) is 11.9 Å². The van der Waals surface area contributed by atoms with E-state index in [4.69, 9.17) is 4.74 Å². The number of carbonyl (C=O) groups is 1. The van der Waals surface area contributed by atoms with Gasteiger partial charge in [0.25, 0.3) is 0 Å². The Kier molecular flexibility index (Phi) is 6.02. The second-order valence-electron chi connectivity index (χ2n) is 7.08. The van der Waals surface area contributed by atoms with Gasteiger partial charge in [-0.25, -0.2) is 8.78 Å². The Morgan fingerprint density at radius 1 is 0.962 bits per heavy atom. The molecule has 2 nitrogen and oxygen atoms in total. The molecule has 2 aromatic rings. The van der Waals surface area contributed by atoms with Crippen molar-refractivity contribution in [3.63, 3.8) is 0 Å². The van der Waals surface area contributed by atoms with E-state index < -0.39 is 11.6 Å². The number of carbonyl (C=O) groups excluding carboxylic acids is 1. The Balaban J connectivity index is 1.59. The average Bonchev–Trinajstić information content (AvgIpc) is 2.65. The number of rotatable bonds is 5. The van der Waals surface area contributed by atoms with Gasteiger partial charge < -0.3 is 4.74 Å². The van der Waals surface area contributed by atoms with Crippen molar-refractivity contribution in [3.8, 4) is 16.9 Å². The summed E-state index contributed by atoms with van der Waals surface area (Å²) in [7, 11) is 0. The lowest BCUT2D eigenvalue weighted by Crippen LogP contribution is -2.25. The largest absolute Gasteiger partial charge is 0.426 e. The second kappa shape index (κ2) is 8.43. The minimum absolute atomic E-state index is 0.0195. The van der Waals surface area contributed by atoms with Crippen LogP contribution in [0.3, 0.4) is 0 Å². The molecule has 0 aliphatic heterocycles. The van der Waals surface area contributed by atoms with Crippen LogP contribution in [0.4, 0.5) is 8.78 Å². The molecule has 3 rings (SSSR count). The third kappa shape index (κ3) is 4.48.